The van der Waals surface area contributed by atoms with Gasteiger partial charge in [-0.05, 0) is 114 Å². The van der Waals surface area contributed by atoms with E-state index in [-0.39, 0.29) is 0 Å². The second kappa shape index (κ2) is 12.8. The maximum absolute atomic E-state index is 2.48. The Morgan fingerprint density at radius 1 is 0.320 bits per heavy atom. The number of aryl methyl sites for hydroxylation is 2. The van der Waals surface area contributed by atoms with Gasteiger partial charge in [-0.25, -0.2) is 0 Å². The summed E-state index contributed by atoms with van der Waals surface area (Å²) in [7, 11) is 0. The van der Waals surface area contributed by atoms with Gasteiger partial charge in [0, 0.05) is 0 Å². The van der Waals surface area contributed by atoms with Gasteiger partial charge in [-0.15, -0.1) is 0 Å². The first kappa shape index (κ1) is 31.8. The molecule has 244 valence electrons. The first-order valence-corrected chi connectivity index (χ1v) is 18.1. The van der Waals surface area contributed by atoms with E-state index in [1.54, 1.807) is 0 Å². The van der Waals surface area contributed by atoms with E-state index in [2.05, 4.69) is 187 Å². The highest BCUT2D eigenvalue weighted by Crippen LogP contribution is 2.54. The molecule has 50 heavy (non-hydrogen) atoms. The molecule has 0 aromatic heterocycles. The number of hydrogen-bond donors (Lipinski definition) is 0. The molecule has 0 atom stereocenters. The average molecular weight is 645 g/mol. The van der Waals surface area contributed by atoms with Crippen LogP contribution in [0.2, 0.25) is 0 Å². The molecule has 8 aromatic rings. The predicted octanol–water partition coefficient (Wildman–Crippen LogP) is 14.7. The molecule has 8 aromatic carbocycles. The summed E-state index contributed by atoms with van der Waals surface area (Å²) in [4.78, 5) is 0. The highest BCUT2D eigenvalue weighted by molar-refractivity contribution is 6.34. The van der Waals surface area contributed by atoms with Gasteiger partial charge in [0.25, 0.3) is 0 Å². The zero-order valence-electron chi connectivity index (χ0n) is 30.0. The summed E-state index contributed by atoms with van der Waals surface area (Å²) in [5, 5.41) is 7.80. The van der Waals surface area contributed by atoms with E-state index in [0.29, 0.717) is 11.8 Å². The number of fused-ring (bicyclic) bond motifs is 3. The molecule has 8 rings (SSSR count). The van der Waals surface area contributed by atoms with Crippen LogP contribution in [0.4, 0.5) is 0 Å². The topological polar surface area (TPSA) is 0 Å². The van der Waals surface area contributed by atoms with Crippen molar-refractivity contribution in [3.8, 4) is 44.5 Å². The Bertz CT molecular complexity index is 2320. The monoisotopic (exact) mass is 644 g/mol. The van der Waals surface area contributed by atoms with Crippen molar-refractivity contribution in [2.24, 2.45) is 0 Å². The molecule has 0 amide bonds. The lowest BCUT2D eigenvalue weighted by atomic mass is 9.76. The van der Waals surface area contributed by atoms with E-state index in [9.17, 15) is 0 Å². The second-order valence-corrected chi connectivity index (χ2v) is 14.6. The fourth-order valence-electron chi connectivity index (χ4n) is 7.83. The normalized spacial score (nSPS) is 11.8. The molecule has 0 aliphatic rings. The Hall–Kier alpha value is -5.46. The summed E-state index contributed by atoms with van der Waals surface area (Å²) in [6, 6.07) is 55.1. The molecule has 0 spiro atoms. The van der Waals surface area contributed by atoms with Crippen molar-refractivity contribution in [3.63, 3.8) is 0 Å². The zero-order valence-corrected chi connectivity index (χ0v) is 30.0. The molecule has 0 N–H and O–H groups in total. The Labute approximate surface area is 297 Å². The molecule has 0 heteroatoms. The van der Waals surface area contributed by atoms with Crippen LogP contribution >= 0.6 is 0 Å². The first-order valence-electron chi connectivity index (χ1n) is 18.1. The van der Waals surface area contributed by atoms with E-state index in [1.165, 1.54) is 99.1 Å². The van der Waals surface area contributed by atoms with Gasteiger partial charge in [0.1, 0.15) is 0 Å². The van der Waals surface area contributed by atoms with Gasteiger partial charge in [-0.2, -0.15) is 0 Å². The smallest absolute Gasteiger partial charge is 0.000139 e. The number of rotatable bonds is 6. The summed E-state index contributed by atoms with van der Waals surface area (Å²) < 4.78 is 0. The highest BCUT2D eigenvalue weighted by atomic mass is 14.3. The number of benzene rings is 8. The third kappa shape index (κ3) is 5.40. The van der Waals surface area contributed by atoms with E-state index in [4.69, 9.17) is 0 Å². The summed E-state index contributed by atoms with van der Waals surface area (Å²) in [5.41, 5.74) is 15.4. The Morgan fingerprint density at radius 3 is 0.980 bits per heavy atom. The predicted molar refractivity (Wildman–Crippen MR) is 218 cm³/mol. The molecule has 0 radical (unpaired) electrons. The third-order valence-electron chi connectivity index (χ3n) is 10.6. The van der Waals surface area contributed by atoms with E-state index >= 15 is 0 Å². The molecule has 0 saturated carbocycles. The van der Waals surface area contributed by atoms with Crippen LogP contribution in [0.15, 0.2) is 146 Å². The van der Waals surface area contributed by atoms with Gasteiger partial charge in [-0.3, -0.25) is 0 Å². The van der Waals surface area contributed by atoms with Crippen LogP contribution in [0.25, 0.3) is 76.8 Å². The molecule has 0 bridgehead atoms. The molecule has 0 nitrogen and oxygen atoms in total. The molecule has 0 saturated heterocycles. The number of hydrogen-bond acceptors (Lipinski definition) is 0. The maximum atomic E-state index is 2.48. The SMILES string of the molecule is Cc1ccc(-c2c3ccc(C(C)C)cc3c(-c3ccccc3)c3c(-c4ccc(C)cc4)c4ccc(C(C)C)cc4c(-c4ccccc4)c23)cc1. The maximum Gasteiger partial charge on any atom is -0.000139 e. The molecule has 0 fully saturated rings. The summed E-state index contributed by atoms with van der Waals surface area (Å²) in [6.45, 7) is 13.6. The van der Waals surface area contributed by atoms with Crippen molar-refractivity contribution >= 4 is 32.3 Å². The molecule has 0 aliphatic carbocycles. The summed E-state index contributed by atoms with van der Waals surface area (Å²) in [6.07, 6.45) is 0. The minimum atomic E-state index is 0.407. The highest BCUT2D eigenvalue weighted by Gasteiger charge is 2.26. The molecular formula is C50H44. The van der Waals surface area contributed by atoms with Crippen LogP contribution in [0, 0.1) is 13.8 Å². The zero-order chi connectivity index (χ0) is 34.5. The van der Waals surface area contributed by atoms with Crippen LogP contribution in [-0.4, -0.2) is 0 Å². The quantitative estimate of drug-likeness (QED) is 0.158. The van der Waals surface area contributed by atoms with Gasteiger partial charge in [0.15, 0.2) is 0 Å². The molecule has 0 aliphatic heterocycles. The molecular weight excluding hydrogens is 601 g/mol. The van der Waals surface area contributed by atoms with Gasteiger partial charge in [-0.1, -0.05) is 184 Å². The van der Waals surface area contributed by atoms with Crippen molar-refractivity contribution in [1.29, 1.82) is 0 Å². The van der Waals surface area contributed by atoms with Crippen LogP contribution in [0.3, 0.4) is 0 Å². The Kier molecular flexibility index (Phi) is 8.12. The van der Waals surface area contributed by atoms with Gasteiger partial charge in [0.05, 0.1) is 0 Å². The minimum Gasteiger partial charge on any atom is -0.0622 e. The summed E-state index contributed by atoms with van der Waals surface area (Å²) >= 11 is 0. The van der Waals surface area contributed by atoms with E-state index < -0.39 is 0 Å². The Balaban J connectivity index is 1.77. The summed E-state index contributed by atoms with van der Waals surface area (Å²) in [5.74, 6) is 0.813. The lowest BCUT2D eigenvalue weighted by molar-refractivity contribution is 0.869. The van der Waals surface area contributed by atoms with Gasteiger partial charge < -0.3 is 0 Å². The van der Waals surface area contributed by atoms with Gasteiger partial charge >= 0.3 is 0 Å². The molecule has 0 unspecified atom stereocenters. The Morgan fingerprint density at radius 2 is 0.640 bits per heavy atom. The van der Waals surface area contributed by atoms with Gasteiger partial charge in [0.2, 0.25) is 0 Å². The largest absolute Gasteiger partial charge is 0.0622 e. The van der Waals surface area contributed by atoms with Crippen LogP contribution in [0.5, 0.6) is 0 Å². The molecule has 0 heterocycles. The van der Waals surface area contributed by atoms with Crippen LogP contribution in [0.1, 0.15) is 61.8 Å². The fourth-order valence-corrected chi connectivity index (χ4v) is 7.83. The van der Waals surface area contributed by atoms with Crippen molar-refractivity contribution in [1.82, 2.24) is 0 Å². The van der Waals surface area contributed by atoms with Crippen molar-refractivity contribution < 1.29 is 0 Å². The first-order chi connectivity index (χ1) is 24.3. The van der Waals surface area contributed by atoms with Crippen molar-refractivity contribution in [3.05, 3.63) is 168 Å². The minimum absolute atomic E-state index is 0.407. The lowest BCUT2D eigenvalue weighted by Crippen LogP contribution is -1.99. The third-order valence-corrected chi connectivity index (χ3v) is 10.6. The van der Waals surface area contributed by atoms with Crippen LogP contribution in [-0.2, 0) is 0 Å². The van der Waals surface area contributed by atoms with Crippen LogP contribution < -0.4 is 0 Å². The average Bonchev–Trinajstić information content (AvgIpc) is 3.14. The van der Waals surface area contributed by atoms with Crippen molar-refractivity contribution in [2.75, 3.05) is 0 Å². The second-order valence-electron chi connectivity index (χ2n) is 14.6. The van der Waals surface area contributed by atoms with Crippen molar-refractivity contribution in [2.45, 2.75) is 53.4 Å². The van der Waals surface area contributed by atoms with E-state index in [1.807, 2.05) is 0 Å². The lowest BCUT2D eigenvalue weighted by Gasteiger charge is -2.26. The fraction of sp³-hybridized carbons (Fsp3) is 0.160. The standard InChI is InChI=1S/C50H44/c1-31(2)39-25-27-41-43(29-39)47(35-13-9-7-10-14-35)49-46(38-23-19-34(6)20-24-38)42-28-26-40(32(3)4)30-44(42)48(36-15-11-8-12-16-36)50(49)45(41)37-21-17-33(5)18-22-37/h7-32H,1-6H3. The van der Waals surface area contributed by atoms with E-state index in [0.717, 1.165) is 0 Å².